The van der Waals surface area contributed by atoms with Gasteiger partial charge in [-0.05, 0) is 39.0 Å². The van der Waals surface area contributed by atoms with Crippen LogP contribution in [0.1, 0.15) is 32.8 Å². The van der Waals surface area contributed by atoms with Crippen molar-refractivity contribution in [2.75, 3.05) is 0 Å². The predicted molar refractivity (Wildman–Crippen MR) is 96.8 cm³/mol. The molecule has 0 aromatic heterocycles. The molecule has 0 unspecified atom stereocenters. The molecule has 0 fully saturated rings. The van der Waals surface area contributed by atoms with Crippen LogP contribution in [0.15, 0.2) is 42.6 Å². The molecule has 0 heterocycles. The maximum Gasteiger partial charge on any atom is 0.320 e. The van der Waals surface area contributed by atoms with E-state index in [1.807, 2.05) is 51.1 Å². The zero-order valence-electron chi connectivity index (χ0n) is 14.3. The van der Waals surface area contributed by atoms with Crippen LogP contribution in [0.4, 0.5) is 0 Å². The van der Waals surface area contributed by atoms with E-state index in [-0.39, 0.29) is 24.8 Å². The standard InChI is InChI=1S/C9H11NO2.C8H15NO2.ClH/c10-8(9(11)12)6-7-4-2-1-3-5-7;1-8(2,3)11-7(10)5-4-6-9;/h1-5,8H,6,10H2,(H,11,12);4,6H,5,9H2,1-3H3;1H/t8-;;/m1../s1. The van der Waals surface area contributed by atoms with E-state index in [0.717, 1.165) is 5.56 Å². The van der Waals surface area contributed by atoms with Gasteiger partial charge in [-0.3, -0.25) is 9.59 Å². The zero-order chi connectivity index (χ0) is 17.9. The smallest absolute Gasteiger partial charge is 0.320 e. The van der Waals surface area contributed by atoms with Crippen molar-refractivity contribution in [3.8, 4) is 0 Å². The van der Waals surface area contributed by atoms with Crippen molar-refractivity contribution in [2.24, 2.45) is 11.5 Å². The van der Waals surface area contributed by atoms with Crippen molar-refractivity contribution < 1.29 is 19.4 Å². The van der Waals surface area contributed by atoms with Crippen LogP contribution in [0.5, 0.6) is 0 Å². The fourth-order valence-electron chi connectivity index (χ4n) is 1.50. The molecule has 7 heteroatoms. The average Bonchev–Trinajstić information content (AvgIpc) is 2.45. The molecular weight excluding hydrogens is 332 g/mol. The molecule has 1 aromatic rings. The number of benzene rings is 1. The Morgan fingerprint density at radius 2 is 1.79 bits per heavy atom. The van der Waals surface area contributed by atoms with Crippen molar-refractivity contribution in [2.45, 2.75) is 45.3 Å². The Kier molecular flexibility index (Phi) is 12.5. The number of rotatable bonds is 5. The Balaban J connectivity index is 0. The van der Waals surface area contributed by atoms with Crippen LogP contribution in [0.2, 0.25) is 0 Å². The monoisotopic (exact) mass is 358 g/mol. The number of carboxylic acids is 1. The molecule has 5 N–H and O–H groups in total. The van der Waals surface area contributed by atoms with Crippen molar-refractivity contribution in [3.63, 3.8) is 0 Å². The molecule has 1 aromatic carbocycles. The van der Waals surface area contributed by atoms with Gasteiger partial charge in [0, 0.05) is 0 Å². The van der Waals surface area contributed by atoms with Gasteiger partial charge in [0.25, 0.3) is 0 Å². The van der Waals surface area contributed by atoms with E-state index in [4.69, 9.17) is 21.3 Å². The van der Waals surface area contributed by atoms with Gasteiger partial charge >= 0.3 is 11.9 Å². The van der Waals surface area contributed by atoms with Gasteiger partial charge in [0.15, 0.2) is 0 Å². The number of aliphatic carboxylic acids is 1. The highest BCUT2D eigenvalue weighted by molar-refractivity contribution is 5.85. The van der Waals surface area contributed by atoms with E-state index < -0.39 is 17.6 Å². The average molecular weight is 359 g/mol. The fraction of sp³-hybridized carbons (Fsp3) is 0.412. The first kappa shape index (κ1) is 24.2. The zero-order valence-corrected chi connectivity index (χ0v) is 15.1. The summed E-state index contributed by atoms with van der Waals surface area (Å²) < 4.78 is 4.99. The molecule has 0 bridgehead atoms. The number of nitrogens with two attached hydrogens (primary N) is 2. The second-order valence-corrected chi connectivity index (χ2v) is 5.85. The molecule has 0 amide bonds. The lowest BCUT2D eigenvalue weighted by atomic mass is 10.1. The van der Waals surface area contributed by atoms with Crippen LogP contribution in [0, 0.1) is 0 Å². The molecule has 0 spiro atoms. The molecule has 136 valence electrons. The maximum atomic E-state index is 10.9. The lowest BCUT2D eigenvalue weighted by Crippen LogP contribution is -2.32. The third-order valence-electron chi connectivity index (χ3n) is 2.46. The normalized spacial score (nSPS) is 11.7. The van der Waals surface area contributed by atoms with E-state index in [1.165, 1.54) is 6.20 Å². The summed E-state index contributed by atoms with van der Waals surface area (Å²) in [6, 6.07) is 8.54. The molecule has 6 nitrogen and oxygen atoms in total. The minimum absolute atomic E-state index is 0. The summed E-state index contributed by atoms with van der Waals surface area (Å²) in [5.74, 6) is -1.21. The number of carbonyl (C=O) groups excluding carboxylic acids is 1. The number of hydrogen-bond donors (Lipinski definition) is 3. The third-order valence-corrected chi connectivity index (χ3v) is 2.46. The van der Waals surface area contributed by atoms with Gasteiger partial charge in [0.2, 0.25) is 0 Å². The Morgan fingerprint density at radius 3 is 2.21 bits per heavy atom. The van der Waals surface area contributed by atoms with E-state index in [9.17, 15) is 9.59 Å². The van der Waals surface area contributed by atoms with Crippen LogP contribution in [-0.2, 0) is 20.7 Å². The second-order valence-electron chi connectivity index (χ2n) is 5.85. The van der Waals surface area contributed by atoms with Crippen LogP contribution in [0.25, 0.3) is 0 Å². The molecule has 1 rings (SSSR count). The van der Waals surface area contributed by atoms with Gasteiger partial charge in [-0.1, -0.05) is 36.4 Å². The van der Waals surface area contributed by atoms with Crippen molar-refractivity contribution in [1.29, 1.82) is 0 Å². The first-order chi connectivity index (χ1) is 10.7. The SMILES string of the molecule is CC(C)(C)OC(=O)CC=CN.Cl.N[C@H](Cc1ccccc1)C(=O)O. The summed E-state index contributed by atoms with van der Waals surface area (Å²) in [5, 5.41) is 8.52. The fourth-order valence-corrected chi connectivity index (χ4v) is 1.50. The Labute approximate surface area is 149 Å². The van der Waals surface area contributed by atoms with Gasteiger partial charge in [0.1, 0.15) is 11.6 Å². The van der Waals surface area contributed by atoms with Crippen molar-refractivity contribution >= 4 is 24.3 Å². The van der Waals surface area contributed by atoms with Crippen molar-refractivity contribution in [1.82, 2.24) is 0 Å². The van der Waals surface area contributed by atoms with Crippen molar-refractivity contribution in [3.05, 3.63) is 48.2 Å². The van der Waals surface area contributed by atoms with Gasteiger partial charge in [-0.15, -0.1) is 12.4 Å². The summed E-state index contributed by atoms with van der Waals surface area (Å²) in [6.45, 7) is 5.49. The lowest BCUT2D eigenvalue weighted by molar-refractivity contribution is -0.153. The largest absolute Gasteiger partial charge is 0.480 e. The van der Waals surface area contributed by atoms with Gasteiger partial charge in [-0.25, -0.2) is 0 Å². The predicted octanol–water partition coefficient (Wildman–Crippen LogP) is 2.25. The van der Waals surface area contributed by atoms with E-state index >= 15 is 0 Å². The van der Waals surface area contributed by atoms with Gasteiger partial charge < -0.3 is 21.3 Å². The molecular formula is C17H27ClN2O4. The number of ether oxygens (including phenoxy) is 1. The summed E-state index contributed by atoms with van der Waals surface area (Å²) >= 11 is 0. The molecule has 24 heavy (non-hydrogen) atoms. The minimum atomic E-state index is -0.959. The highest BCUT2D eigenvalue weighted by atomic mass is 35.5. The number of hydrogen-bond acceptors (Lipinski definition) is 5. The highest BCUT2D eigenvalue weighted by Crippen LogP contribution is 2.07. The van der Waals surface area contributed by atoms with E-state index in [2.05, 4.69) is 0 Å². The number of carbonyl (C=O) groups is 2. The molecule has 0 saturated carbocycles. The molecule has 0 aliphatic rings. The van der Waals surface area contributed by atoms with E-state index in [1.54, 1.807) is 6.08 Å². The van der Waals surface area contributed by atoms with Crippen LogP contribution >= 0.6 is 12.4 Å². The number of halogens is 1. The minimum Gasteiger partial charge on any atom is -0.480 e. The lowest BCUT2D eigenvalue weighted by Gasteiger charge is -2.18. The van der Waals surface area contributed by atoms with Crippen LogP contribution in [0.3, 0.4) is 0 Å². The summed E-state index contributed by atoms with van der Waals surface area (Å²) in [6.07, 6.45) is 3.53. The Hall–Kier alpha value is -2.05. The number of esters is 1. The Bertz CT molecular complexity index is 513. The first-order valence-corrected chi connectivity index (χ1v) is 7.26. The van der Waals surface area contributed by atoms with Gasteiger partial charge in [0.05, 0.1) is 6.42 Å². The molecule has 0 saturated heterocycles. The van der Waals surface area contributed by atoms with Gasteiger partial charge in [-0.2, -0.15) is 0 Å². The number of carboxylic acid groups (broad SMARTS) is 1. The summed E-state index contributed by atoms with van der Waals surface area (Å²) in [4.78, 5) is 21.3. The summed E-state index contributed by atoms with van der Waals surface area (Å²) in [5.41, 5.74) is 10.9. The quantitative estimate of drug-likeness (QED) is 0.695. The third kappa shape index (κ3) is 13.6. The second kappa shape index (κ2) is 12.4. The maximum absolute atomic E-state index is 10.9. The molecule has 0 aliphatic heterocycles. The van der Waals surface area contributed by atoms with Crippen LogP contribution < -0.4 is 11.5 Å². The first-order valence-electron chi connectivity index (χ1n) is 7.26. The highest BCUT2D eigenvalue weighted by Gasteiger charge is 2.14. The Morgan fingerprint density at radius 1 is 1.25 bits per heavy atom. The van der Waals surface area contributed by atoms with E-state index in [0.29, 0.717) is 6.42 Å². The molecule has 0 radical (unpaired) electrons. The molecule has 1 atom stereocenters. The summed E-state index contributed by atoms with van der Waals surface area (Å²) in [7, 11) is 0. The topological polar surface area (TPSA) is 116 Å². The van der Waals surface area contributed by atoms with Crippen LogP contribution in [-0.4, -0.2) is 28.7 Å². The molecule has 0 aliphatic carbocycles.